The molecule has 3 heterocycles. The van der Waals surface area contributed by atoms with Gasteiger partial charge >= 0.3 is 0 Å². The van der Waals surface area contributed by atoms with Gasteiger partial charge in [-0.1, -0.05) is 60.5 Å². The molecule has 162 valence electrons. The van der Waals surface area contributed by atoms with Crippen molar-refractivity contribution in [2.75, 3.05) is 11.4 Å². The molecule has 31 heavy (non-hydrogen) atoms. The fraction of sp³-hybridized carbons (Fsp3) is 0.318. The number of hydrogen-bond acceptors (Lipinski definition) is 5. The highest BCUT2D eigenvalue weighted by molar-refractivity contribution is 7.22. The third-order valence-electron chi connectivity index (χ3n) is 5.06. The molecule has 0 radical (unpaired) electrons. The number of thiazole rings is 1. The van der Waals surface area contributed by atoms with E-state index in [1.807, 2.05) is 36.7 Å². The van der Waals surface area contributed by atoms with Gasteiger partial charge in [0.05, 0.1) is 32.4 Å². The lowest BCUT2D eigenvalue weighted by atomic mass is 10.0. The van der Waals surface area contributed by atoms with Gasteiger partial charge in [0.15, 0.2) is 5.13 Å². The van der Waals surface area contributed by atoms with E-state index in [4.69, 9.17) is 28.2 Å². The average molecular weight is 493 g/mol. The molecule has 4 aromatic rings. The van der Waals surface area contributed by atoms with Crippen LogP contribution in [0.25, 0.3) is 10.2 Å². The van der Waals surface area contributed by atoms with Crippen LogP contribution in [0.3, 0.4) is 0 Å². The predicted octanol–water partition coefficient (Wildman–Crippen LogP) is 6.95. The second kappa shape index (κ2) is 8.90. The van der Waals surface area contributed by atoms with Gasteiger partial charge in [0.25, 0.3) is 5.91 Å². The number of aryl methyl sites for hydroxylation is 2. The van der Waals surface area contributed by atoms with Crippen LogP contribution < -0.4 is 4.90 Å². The van der Waals surface area contributed by atoms with Crippen LogP contribution in [0.4, 0.5) is 5.13 Å². The van der Waals surface area contributed by atoms with Gasteiger partial charge in [0.1, 0.15) is 4.34 Å². The average Bonchev–Trinajstić information content (AvgIpc) is 3.37. The van der Waals surface area contributed by atoms with Crippen LogP contribution in [0.15, 0.2) is 30.3 Å². The number of aromatic nitrogens is 3. The Morgan fingerprint density at radius 1 is 1.19 bits per heavy atom. The second-order valence-corrected chi connectivity index (χ2v) is 11.0. The SMILES string of the molecule is Cc1cc(C)n(CCN(C(=O)c2cc(Cl)sc2Cl)c2nc3c(C(C)C)cccc3s2)n1. The number of amides is 1. The van der Waals surface area contributed by atoms with Crippen LogP contribution in [-0.4, -0.2) is 27.2 Å². The van der Waals surface area contributed by atoms with Crippen molar-refractivity contribution < 1.29 is 4.79 Å². The first kappa shape index (κ1) is 22.3. The Morgan fingerprint density at radius 2 is 1.97 bits per heavy atom. The van der Waals surface area contributed by atoms with Gasteiger partial charge in [-0.15, -0.1) is 11.3 Å². The largest absolute Gasteiger partial charge is 0.282 e. The molecule has 0 bridgehead atoms. The lowest BCUT2D eigenvalue weighted by Gasteiger charge is -2.20. The molecule has 9 heteroatoms. The van der Waals surface area contributed by atoms with E-state index in [-0.39, 0.29) is 5.91 Å². The van der Waals surface area contributed by atoms with Gasteiger partial charge in [0, 0.05) is 12.2 Å². The van der Waals surface area contributed by atoms with Gasteiger partial charge in [0.2, 0.25) is 0 Å². The predicted molar refractivity (Wildman–Crippen MR) is 131 cm³/mol. The second-order valence-electron chi connectivity index (χ2n) is 7.69. The standard InChI is InChI=1S/C22H22Cl2N4OS2/c1-12(2)15-6-5-7-17-19(15)25-22(30-17)27(8-9-28-14(4)10-13(3)26-28)21(29)16-11-18(23)31-20(16)24/h5-7,10-12H,8-9H2,1-4H3. The first-order chi connectivity index (χ1) is 14.7. The molecule has 5 nitrogen and oxygen atoms in total. The highest BCUT2D eigenvalue weighted by Gasteiger charge is 2.25. The smallest absolute Gasteiger partial charge is 0.262 e. The Labute approximate surface area is 199 Å². The number of nitrogens with zero attached hydrogens (tertiary/aromatic N) is 4. The van der Waals surface area contributed by atoms with Crippen molar-refractivity contribution in [1.82, 2.24) is 14.8 Å². The normalized spacial score (nSPS) is 11.6. The molecule has 0 aliphatic rings. The van der Waals surface area contributed by atoms with E-state index >= 15 is 0 Å². The molecule has 0 aliphatic heterocycles. The minimum absolute atomic E-state index is 0.208. The van der Waals surface area contributed by atoms with Gasteiger partial charge in [-0.2, -0.15) is 5.10 Å². The Hall–Kier alpha value is -1.93. The van der Waals surface area contributed by atoms with E-state index in [1.165, 1.54) is 28.2 Å². The zero-order valence-electron chi connectivity index (χ0n) is 17.6. The molecular formula is C22H22Cl2N4OS2. The molecule has 0 unspecified atom stereocenters. The summed E-state index contributed by atoms with van der Waals surface area (Å²) in [6.45, 7) is 9.23. The summed E-state index contributed by atoms with van der Waals surface area (Å²) in [5.74, 6) is 0.127. The maximum Gasteiger partial charge on any atom is 0.262 e. The van der Waals surface area contributed by atoms with E-state index in [9.17, 15) is 4.79 Å². The number of para-hydroxylation sites is 1. The highest BCUT2D eigenvalue weighted by atomic mass is 35.5. The summed E-state index contributed by atoms with van der Waals surface area (Å²) in [6.07, 6.45) is 0. The van der Waals surface area contributed by atoms with Crippen molar-refractivity contribution >= 4 is 67.1 Å². The molecule has 3 aromatic heterocycles. The summed E-state index contributed by atoms with van der Waals surface area (Å²) in [5.41, 5.74) is 4.50. The van der Waals surface area contributed by atoms with Crippen molar-refractivity contribution in [2.45, 2.75) is 40.2 Å². The Balaban J connectivity index is 1.75. The number of carbonyl (C=O) groups is 1. The van der Waals surface area contributed by atoms with E-state index in [2.05, 4.69) is 25.0 Å². The number of halogens is 2. The van der Waals surface area contributed by atoms with Gasteiger partial charge < -0.3 is 0 Å². The van der Waals surface area contributed by atoms with Gasteiger partial charge in [-0.05, 0) is 43.5 Å². The van der Waals surface area contributed by atoms with E-state index in [0.29, 0.717) is 38.4 Å². The van der Waals surface area contributed by atoms with Gasteiger partial charge in [-0.25, -0.2) is 4.98 Å². The summed E-state index contributed by atoms with van der Waals surface area (Å²) in [7, 11) is 0. The summed E-state index contributed by atoms with van der Waals surface area (Å²) in [5, 5.41) is 5.17. The third kappa shape index (κ3) is 4.51. The first-order valence-corrected chi connectivity index (χ1v) is 12.3. The number of fused-ring (bicyclic) bond motifs is 1. The van der Waals surface area contributed by atoms with Crippen molar-refractivity contribution in [2.24, 2.45) is 0 Å². The summed E-state index contributed by atoms with van der Waals surface area (Å²) >= 11 is 15.1. The van der Waals surface area contributed by atoms with Crippen LogP contribution in [-0.2, 0) is 6.54 Å². The van der Waals surface area contributed by atoms with E-state index in [0.717, 1.165) is 21.6 Å². The summed E-state index contributed by atoms with van der Waals surface area (Å²) in [6, 6.07) is 9.82. The zero-order valence-corrected chi connectivity index (χ0v) is 20.8. The topological polar surface area (TPSA) is 51.0 Å². The van der Waals surface area contributed by atoms with E-state index in [1.54, 1.807) is 11.0 Å². The van der Waals surface area contributed by atoms with Crippen molar-refractivity contribution in [3.05, 3.63) is 61.5 Å². The maximum absolute atomic E-state index is 13.5. The van der Waals surface area contributed by atoms with Crippen LogP contribution >= 0.6 is 45.9 Å². The fourth-order valence-corrected chi connectivity index (χ4v) is 6.02. The molecule has 0 aliphatic carbocycles. The van der Waals surface area contributed by atoms with Crippen molar-refractivity contribution in [3.8, 4) is 0 Å². The molecule has 4 rings (SSSR count). The third-order valence-corrected chi connectivity index (χ3v) is 7.59. The number of carbonyl (C=O) groups excluding carboxylic acids is 1. The Bertz CT molecular complexity index is 1260. The number of hydrogen-bond donors (Lipinski definition) is 0. The minimum atomic E-state index is -0.208. The quantitative estimate of drug-likeness (QED) is 0.292. The molecule has 0 saturated carbocycles. The Kier molecular flexibility index (Phi) is 6.40. The molecule has 0 N–H and O–H groups in total. The highest BCUT2D eigenvalue weighted by Crippen LogP contribution is 2.36. The molecule has 0 spiro atoms. The molecule has 0 fully saturated rings. The Morgan fingerprint density at radius 3 is 2.58 bits per heavy atom. The fourth-order valence-electron chi connectivity index (χ4n) is 3.55. The van der Waals surface area contributed by atoms with Gasteiger partial charge in [-0.3, -0.25) is 14.4 Å². The van der Waals surface area contributed by atoms with E-state index < -0.39 is 0 Å². The molecule has 0 saturated heterocycles. The van der Waals surface area contributed by atoms with Crippen LogP contribution in [0.5, 0.6) is 0 Å². The number of rotatable bonds is 6. The van der Waals surface area contributed by atoms with Crippen molar-refractivity contribution in [1.29, 1.82) is 0 Å². The number of benzene rings is 1. The minimum Gasteiger partial charge on any atom is -0.282 e. The monoisotopic (exact) mass is 492 g/mol. The van der Waals surface area contributed by atoms with Crippen LogP contribution in [0.1, 0.15) is 47.1 Å². The number of anilines is 1. The lowest BCUT2D eigenvalue weighted by Crippen LogP contribution is -2.34. The summed E-state index contributed by atoms with van der Waals surface area (Å²) < 4.78 is 3.83. The lowest BCUT2D eigenvalue weighted by molar-refractivity contribution is 0.0986. The molecular weight excluding hydrogens is 471 g/mol. The first-order valence-electron chi connectivity index (χ1n) is 9.91. The van der Waals surface area contributed by atoms with Crippen molar-refractivity contribution in [3.63, 3.8) is 0 Å². The molecule has 1 amide bonds. The molecule has 0 atom stereocenters. The number of thiophene rings is 1. The van der Waals surface area contributed by atoms with Crippen LogP contribution in [0.2, 0.25) is 8.67 Å². The van der Waals surface area contributed by atoms with Crippen LogP contribution in [0, 0.1) is 13.8 Å². The maximum atomic E-state index is 13.5. The zero-order chi connectivity index (χ0) is 22.3. The summed E-state index contributed by atoms with van der Waals surface area (Å²) in [4.78, 5) is 20.1. The molecule has 1 aromatic carbocycles.